The van der Waals surface area contributed by atoms with E-state index in [1.165, 1.54) is 12.4 Å². The zero-order valence-corrected chi connectivity index (χ0v) is 7.00. The molecule has 0 radical (unpaired) electrons. The molecule has 0 amide bonds. The molecule has 0 atom stereocenters. The maximum absolute atomic E-state index is 11.7. The van der Waals surface area contributed by atoms with Gasteiger partial charge in [0.15, 0.2) is 5.69 Å². The van der Waals surface area contributed by atoms with Gasteiger partial charge in [-0.15, -0.1) is 0 Å². The van der Waals surface area contributed by atoms with Gasteiger partial charge in [-0.3, -0.25) is 4.39 Å². The van der Waals surface area contributed by atoms with Gasteiger partial charge in [-0.25, -0.2) is 9.97 Å². The largest absolute Gasteiger partial charge is 0.369 e. The van der Waals surface area contributed by atoms with Crippen LogP contribution in [0.2, 0.25) is 0 Å². The predicted molar refractivity (Wildman–Crippen MR) is 45.8 cm³/mol. The lowest BCUT2D eigenvalue weighted by atomic mass is 10.4. The van der Waals surface area contributed by atoms with Crippen molar-refractivity contribution >= 4 is 5.82 Å². The lowest BCUT2D eigenvalue weighted by Gasteiger charge is -2.01. The van der Waals surface area contributed by atoms with Gasteiger partial charge in [-0.05, 0) is 6.42 Å². The highest BCUT2D eigenvalue weighted by Crippen LogP contribution is 1.99. The van der Waals surface area contributed by atoms with Gasteiger partial charge in [0.05, 0.1) is 19.1 Å². The van der Waals surface area contributed by atoms with E-state index in [4.69, 9.17) is 5.26 Å². The van der Waals surface area contributed by atoms with Gasteiger partial charge in [-0.2, -0.15) is 5.26 Å². The Labute approximate surface area is 75.4 Å². The molecule has 1 aromatic heterocycles. The number of anilines is 1. The minimum atomic E-state index is -0.350. The Morgan fingerprint density at radius 2 is 2.31 bits per heavy atom. The van der Waals surface area contributed by atoms with Gasteiger partial charge in [0, 0.05) is 6.54 Å². The Kier molecular flexibility index (Phi) is 3.64. The molecule has 1 heterocycles. The number of halogens is 1. The van der Waals surface area contributed by atoms with E-state index in [0.29, 0.717) is 18.8 Å². The van der Waals surface area contributed by atoms with Crippen molar-refractivity contribution in [3.63, 3.8) is 0 Å². The number of rotatable bonds is 4. The second-order valence-electron chi connectivity index (χ2n) is 2.37. The zero-order valence-electron chi connectivity index (χ0n) is 7.00. The van der Waals surface area contributed by atoms with Crippen LogP contribution in [-0.4, -0.2) is 23.2 Å². The maximum Gasteiger partial charge on any atom is 0.158 e. The summed E-state index contributed by atoms with van der Waals surface area (Å²) in [6.07, 6.45) is 3.27. The van der Waals surface area contributed by atoms with Crippen molar-refractivity contribution in [2.24, 2.45) is 0 Å². The Hall–Kier alpha value is -1.70. The summed E-state index contributed by atoms with van der Waals surface area (Å²) in [5.74, 6) is 0.562. The molecular weight excluding hydrogens is 171 g/mol. The lowest BCUT2D eigenvalue weighted by molar-refractivity contribution is 0.481. The molecule has 0 spiro atoms. The summed E-state index contributed by atoms with van der Waals surface area (Å²) in [6.45, 7) is 0.174. The summed E-state index contributed by atoms with van der Waals surface area (Å²) in [7, 11) is 0. The van der Waals surface area contributed by atoms with Crippen LogP contribution in [0.4, 0.5) is 10.2 Å². The topological polar surface area (TPSA) is 61.6 Å². The number of nitrogens with one attached hydrogen (secondary N) is 1. The first-order valence-corrected chi connectivity index (χ1v) is 3.89. The summed E-state index contributed by atoms with van der Waals surface area (Å²) >= 11 is 0. The Balaban J connectivity index is 2.46. The first kappa shape index (κ1) is 9.39. The minimum absolute atomic E-state index is 0.274. The van der Waals surface area contributed by atoms with Crippen molar-refractivity contribution in [3.8, 4) is 6.07 Å². The quantitative estimate of drug-likeness (QED) is 0.705. The lowest BCUT2D eigenvalue weighted by Crippen LogP contribution is -2.04. The van der Waals surface area contributed by atoms with E-state index in [0.717, 1.165) is 0 Å². The second kappa shape index (κ2) is 5.04. The fraction of sp³-hybridized carbons (Fsp3) is 0.375. The zero-order chi connectivity index (χ0) is 9.52. The normalized spacial score (nSPS) is 9.23. The third-order valence-electron chi connectivity index (χ3n) is 1.38. The third-order valence-corrected chi connectivity index (χ3v) is 1.38. The van der Waals surface area contributed by atoms with Crippen LogP contribution >= 0.6 is 0 Å². The van der Waals surface area contributed by atoms with Crippen LogP contribution in [-0.2, 0) is 0 Å². The number of aromatic nitrogens is 2. The van der Waals surface area contributed by atoms with Gasteiger partial charge in [-0.1, -0.05) is 0 Å². The Morgan fingerprint density at radius 1 is 1.46 bits per heavy atom. The van der Waals surface area contributed by atoms with Crippen molar-refractivity contribution in [2.75, 3.05) is 18.5 Å². The molecule has 0 aromatic carbocycles. The maximum atomic E-state index is 11.7. The van der Waals surface area contributed by atoms with Crippen molar-refractivity contribution in [2.45, 2.75) is 6.42 Å². The van der Waals surface area contributed by atoms with E-state index in [1.54, 1.807) is 0 Å². The van der Waals surface area contributed by atoms with Gasteiger partial charge in [0.1, 0.15) is 11.9 Å². The highest BCUT2D eigenvalue weighted by atomic mass is 19.1. The standard InChI is InChI=1S/C8H9FN4/c9-2-1-3-11-8-6-12-7(4-10)5-13-8/h5-6H,1-3H2,(H,11,13). The number of nitriles is 1. The summed E-state index contributed by atoms with van der Waals surface area (Å²) in [4.78, 5) is 7.70. The van der Waals surface area contributed by atoms with Crippen LogP contribution in [0.25, 0.3) is 0 Å². The molecule has 0 aliphatic rings. The minimum Gasteiger partial charge on any atom is -0.369 e. The van der Waals surface area contributed by atoms with E-state index in [2.05, 4.69) is 15.3 Å². The smallest absolute Gasteiger partial charge is 0.158 e. The molecular formula is C8H9FN4. The summed E-state index contributed by atoms with van der Waals surface area (Å²) in [5.41, 5.74) is 0.274. The molecule has 0 bridgehead atoms. The van der Waals surface area contributed by atoms with Crippen LogP contribution in [0, 0.1) is 11.3 Å². The predicted octanol–water partition coefficient (Wildman–Crippen LogP) is 1.12. The molecule has 1 aromatic rings. The molecule has 0 unspecified atom stereocenters. The number of hydrogen-bond donors (Lipinski definition) is 1. The summed E-state index contributed by atoms with van der Waals surface area (Å²) in [6, 6.07) is 1.86. The molecule has 13 heavy (non-hydrogen) atoms. The molecule has 1 rings (SSSR count). The average molecular weight is 180 g/mol. The van der Waals surface area contributed by atoms with E-state index in [-0.39, 0.29) is 12.4 Å². The van der Waals surface area contributed by atoms with Gasteiger partial charge >= 0.3 is 0 Å². The fourth-order valence-corrected chi connectivity index (χ4v) is 0.760. The number of nitrogens with zero attached hydrogens (tertiary/aromatic N) is 3. The molecule has 5 heteroatoms. The van der Waals surface area contributed by atoms with Crippen LogP contribution < -0.4 is 5.32 Å². The molecule has 0 saturated carbocycles. The van der Waals surface area contributed by atoms with Gasteiger partial charge < -0.3 is 5.32 Å². The van der Waals surface area contributed by atoms with E-state index < -0.39 is 0 Å². The van der Waals surface area contributed by atoms with Crippen molar-refractivity contribution in [3.05, 3.63) is 18.1 Å². The van der Waals surface area contributed by atoms with E-state index in [1.807, 2.05) is 6.07 Å². The Morgan fingerprint density at radius 3 is 2.85 bits per heavy atom. The monoisotopic (exact) mass is 180 g/mol. The first-order chi connectivity index (χ1) is 6.36. The van der Waals surface area contributed by atoms with Gasteiger partial charge in [0.25, 0.3) is 0 Å². The molecule has 0 aliphatic carbocycles. The molecule has 0 fully saturated rings. The molecule has 68 valence electrons. The van der Waals surface area contributed by atoms with Crippen molar-refractivity contribution in [1.82, 2.24) is 9.97 Å². The first-order valence-electron chi connectivity index (χ1n) is 3.89. The average Bonchev–Trinajstić information content (AvgIpc) is 2.19. The second-order valence-corrected chi connectivity index (χ2v) is 2.37. The molecule has 0 aliphatic heterocycles. The SMILES string of the molecule is N#Cc1cnc(NCCCF)cn1. The number of alkyl halides is 1. The number of hydrogen-bond acceptors (Lipinski definition) is 4. The molecule has 0 saturated heterocycles. The molecule has 4 nitrogen and oxygen atoms in total. The fourth-order valence-electron chi connectivity index (χ4n) is 0.760. The highest BCUT2D eigenvalue weighted by molar-refractivity contribution is 5.32. The van der Waals surface area contributed by atoms with E-state index in [9.17, 15) is 4.39 Å². The van der Waals surface area contributed by atoms with Gasteiger partial charge in [0.2, 0.25) is 0 Å². The highest BCUT2D eigenvalue weighted by Gasteiger charge is 1.94. The summed E-state index contributed by atoms with van der Waals surface area (Å²) < 4.78 is 11.7. The van der Waals surface area contributed by atoms with Crippen LogP contribution in [0.3, 0.4) is 0 Å². The van der Waals surface area contributed by atoms with Crippen LogP contribution in [0.5, 0.6) is 0 Å². The Bertz CT molecular complexity index is 290. The van der Waals surface area contributed by atoms with Crippen LogP contribution in [0.15, 0.2) is 12.4 Å². The van der Waals surface area contributed by atoms with Crippen LogP contribution in [0.1, 0.15) is 12.1 Å². The van der Waals surface area contributed by atoms with Crippen molar-refractivity contribution in [1.29, 1.82) is 5.26 Å². The van der Waals surface area contributed by atoms with E-state index >= 15 is 0 Å². The molecule has 1 N–H and O–H groups in total. The summed E-state index contributed by atoms with van der Waals surface area (Å²) in [5, 5.41) is 11.3. The van der Waals surface area contributed by atoms with Crippen molar-refractivity contribution < 1.29 is 4.39 Å². The third kappa shape index (κ3) is 3.03.